The number of nitrogens with zero attached hydrogens (tertiary/aromatic N) is 2. The van der Waals surface area contributed by atoms with E-state index in [0.717, 1.165) is 29.9 Å². The van der Waals surface area contributed by atoms with Crippen LogP contribution < -0.4 is 10.2 Å². The van der Waals surface area contributed by atoms with E-state index >= 15 is 0 Å². The molecule has 0 aromatic carbocycles. The van der Waals surface area contributed by atoms with E-state index in [1.165, 1.54) is 12.8 Å². The maximum atomic E-state index is 5.95. The molecule has 0 radical (unpaired) electrons. The molecular weight excluding hydrogens is 326 g/mol. The molecule has 1 aromatic rings. The summed E-state index contributed by atoms with van der Waals surface area (Å²) in [5.74, 6) is 1.71. The van der Waals surface area contributed by atoms with Gasteiger partial charge in [-0.1, -0.05) is 25.4 Å². The summed E-state index contributed by atoms with van der Waals surface area (Å²) >= 11 is 9.51. The maximum absolute atomic E-state index is 5.95. The Kier molecular flexibility index (Phi) is 5.48. The number of hydrogen-bond donors (Lipinski definition) is 1. The topological polar surface area (TPSA) is 28.2 Å². The van der Waals surface area contributed by atoms with E-state index in [0.29, 0.717) is 17.0 Å². The Bertz CT molecular complexity index is 425. The van der Waals surface area contributed by atoms with E-state index in [2.05, 4.69) is 45.0 Å². The first-order valence-electron chi connectivity index (χ1n) is 6.85. The molecule has 0 aliphatic carbocycles. The van der Waals surface area contributed by atoms with Crippen molar-refractivity contribution >= 4 is 33.3 Å². The Labute approximate surface area is 128 Å². The number of nitrogens with one attached hydrogen (secondary N) is 1. The third-order valence-electron chi connectivity index (χ3n) is 3.42. The van der Waals surface area contributed by atoms with Crippen LogP contribution in [0, 0.1) is 5.92 Å². The van der Waals surface area contributed by atoms with Crippen LogP contribution in [0.1, 0.15) is 26.7 Å². The fraction of sp³-hybridized carbons (Fsp3) is 0.643. The van der Waals surface area contributed by atoms with Crippen LogP contribution in [0.15, 0.2) is 16.7 Å². The van der Waals surface area contributed by atoms with Crippen LogP contribution in [0.25, 0.3) is 0 Å². The number of anilines is 1. The lowest BCUT2D eigenvalue weighted by molar-refractivity contribution is 0.378. The van der Waals surface area contributed by atoms with E-state index in [-0.39, 0.29) is 0 Å². The lowest BCUT2D eigenvalue weighted by Gasteiger charge is -2.34. The van der Waals surface area contributed by atoms with Crippen molar-refractivity contribution in [2.75, 3.05) is 24.5 Å². The first-order chi connectivity index (χ1) is 9.06. The van der Waals surface area contributed by atoms with Gasteiger partial charge in [-0.25, -0.2) is 4.98 Å². The molecule has 2 rings (SSSR count). The summed E-state index contributed by atoms with van der Waals surface area (Å²) < 4.78 is 0.984. The monoisotopic (exact) mass is 345 g/mol. The molecule has 3 nitrogen and oxygen atoms in total. The van der Waals surface area contributed by atoms with Gasteiger partial charge < -0.3 is 10.2 Å². The fourth-order valence-corrected chi connectivity index (χ4v) is 3.36. The SMILES string of the molecule is CC(C)NCC1CCCN(c2ncc(Cl)cc2Br)C1. The van der Waals surface area contributed by atoms with Crippen LogP contribution >= 0.6 is 27.5 Å². The molecule has 1 unspecified atom stereocenters. The molecule has 0 saturated carbocycles. The smallest absolute Gasteiger partial charge is 0.142 e. The molecule has 0 spiro atoms. The minimum atomic E-state index is 0.552. The minimum absolute atomic E-state index is 0.552. The number of halogens is 2. The van der Waals surface area contributed by atoms with Gasteiger partial charge in [0.2, 0.25) is 0 Å². The maximum Gasteiger partial charge on any atom is 0.142 e. The van der Waals surface area contributed by atoms with Gasteiger partial charge in [0.1, 0.15) is 5.82 Å². The predicted molar refractivity (Wildman–Crippen MR) is 85.0 cm³/mol. The molecule has 2 heterocycles. The fourth-order valence-electron chi connectivity index (χ4n) is 2.47. The van der Waals surface area contributed by atoms with E-state index in [9.17, 15) is 0 Å². The lowest BCUT2D eigenvalue weighted by atomic mass is 9.97. The highest BCUT2D eigenvalue weighted by Gasteiger charge is 2.22. The van der Waals surface area contributed by atoms with Gasteiger partial charge in [0, 0.05) is 25.3 Å². The Morgan fingerprint density at radius 3 is 3.05 bits per heavy atom. The Morgan fingerprint density at radius 1 is 1.58 bits per heavy atom. The van der Waals surface area contributed by atoms with E-state index in [1.807, 2.05) is 6.07 Å². The quantitative estimate of drug-likeness (QED) is 0.901. The molecule has 1 atom stereocenters. The number of pyridine rings is 1. The molecule has 1 aromatic heterocycles. The third-order valence-corrected chi connectivity index (χ3v) is 4.21. The summed E-state index contributed by atoms with van der Waals surface area (Å²) in [5, 5.41) is 4.20. The predicted octanol–water partition coefficient (Wildman–Crippen LogP) is 3.71. The first-order valence-corrected chi connectivity index (χ1v) is 8.02. The second-order valence-corrected chi connectivity index (χ2v) is 6.77. The molecule has 1 fully saturated rings. The summed E-state index contributed by atoms with van der Waals surface area (Å²) in [6.45, 7) is 7.60. The van der Waals surface area contributed by atoms with Crippen molar-refractivity contribution in [3.8, 4) is 0 Å². The van der Waals surface area contributed by atoms with Crippen molar-refractivity contribution in [2.45, 2.75) is 32.7 Å². The zero-order valence-electron chi connectivity index (χ0n) is 11.5. The zero-order chi connectivity index (χ0) is 13.8. The molecule has 1 aliphatic heterocycles. The summed E-state index contributed by atoms with van der Waals surface area (Å²) in [6, 6.07) is 2.47. The first kappa shape index (κ1) is 15.1. The molecule has 1 N–H and O–H groups in total. The molecule has 1 aliphatic rings. The molecule has 1 saturated heterocycles. The normalized spacial score (nSPS) is 20.1. The number of hydrogen-bond acceptors (Lipinski definition) is 3. The van der Waals surface area contributed by atoms with Gasteiger partial charge in [0.05, 0.1) is 9.50 Å². The Morgan fingerprint density at radius 2 is 2.37 bits per heavy atom. The van der Waals surface area contributed by atoms with Crippen LogP contribution in [-0.2, 0) is 0 Å². The van der Waals surface area contributed by atoms with Crippen molar-refractivity contribution in [2.24, 2.45) is 5.92 Å². The largest absolute Gasteiger partial charge is 0.355 e. The van der Waals surface area contributed by atoms with Crippen molar-refractivity contribution in [3.63, 3.8) is 0 Å². The summed E-state index contributed by atoms with van der Waals surface area (Å²) in [5.41, 5.74) is 0. The van der Waals surface area contributed by atoms with Crippen molar-refractivity contribution in [1.29, 1.82) is 0 Å². The van der Waals surface area contributed by atoms with Crippen LogP contribution in [0.5, 0.6) is 0 Å². The van der Waals surface area contributed by atoms with Crippen molar-refractivity contribution in [3.05, 3.63) is 21.8 Å². The minimum Gasteiger partial charge on any atom is -0.355 e. The Hall–Kier alpha value is -0.320. The molecule has 0 bridgehead atoms. The summed E-state index contributed by atoms with van der Waals surface area (Å²) in [7, 11) is 0. The second kappa shape index (κ2) is 6.91. The van der Waals surface area contributed by atoms with Crippen LogP contribution in [-0.4, -0.2) is 30.7 Å². The van der Waals surface area contributed by atoms with Gasteiger partial charge in [0.15, 0.2) is 0 Å². The molecule has 19 heavy (non-hydrogen) atoms. The number of rotatable bonds is 4. The highest BCUT2D eigenvalue weighted by molar-refractivity contribution is 9.10. The van der Waals surface area contributed by atoms with Crippen molar-refractivity contribution < 1.29 is 0 Å². The lowest BCUT2D eigenvalue weighted by Crippen LogP contribution is -2.41. The summed E-state index contributed by atoms with van der Waals surface area (Å²) in [6.07, 6.45) is 4.24. The Balaban J connectivity index is 2.00. The van der Waals surface area contributed by atoms with Gasteiger partial charge in [-0.05, 0) is 47.3 Å². The third kappa shape index (κ3) is 4.33. The summed E-state index contributed by atoms with van der Waals surface area (Å²) in [4.78, 5) is 6.82. The van der Waals surface area contributed by atoms with Crippen LogP contribution in [0.3, 0.4) is 0 Å². The zero-order valence-corrected chi connectivity index (χ0v) is 13.8. The standard InChI is InChI=1S/C14H21BrClN3/c1-10(2)17-7-11-4-3-5-19(9-11)14-13(15)6-12(16)8-18-14/h6,8,10-11,17H,3-5,7,9H2,1-2H3. The highest BCUT2D eigenvalue weighted by atomic mass is 79.9. The van der Waals surface area contributed by atoms with Gasteiger partial charge in [-0.15, -0.1) is 0 Å². The van der Waals surface area contributed by atoms with Gasteiger partial charge in [-0.3, -0.25) is 0 Å². The molecule has 5 heteroatoms. The van der Waals surface area contributed by atoms with E-state index < -0.39 is 0 Å². The van der Waals surface area contributed by atoms with Crippen LogP contribution in [0.4, 0.5) is 5.82 Å². The van der Waals surface area contributed by atoms with E-state index in [1.54, 1.807) is 6.20 Å². The highest BCUT2D eigenvalue weighted by Crippen LogP contribution is 2.29. The molecule has 0 amide bonds. The van der Waals surface area contributed by atoms with Crippen molar-refractivity contribution in [1.82, 2.24) is 10.3 Å². The number of piperidine rings is 1. The molecule has 106 valence electrons. The number of aromatic nitrogens is 1. The van der Waals surface area contributed by atoms with Gasteiger partial charge >= 0.3 is 0 Å². The van der Waals surface area contributed by atoms with E-state index in [4.69, 9.17) is 11.6 Å². The van der Waals surface area contributed by atoms with Gasteiger partial charge in [-0.2, -0.15) is 0 Å². The second-order valence-electron chi connectivity index (χ2n) is 5.48. The average Bonchev–Trinajstić information content (AvgIpc) is 2.36. The average molecular weight is 347 g/mol. The van der Waals surface area contributed by atoms with Crippen LogP contribution in [0.2, 0.25) is 5.02 Å². The van der Waals surface area contributed by atoms with Gasteiger partial charge in [0.25, 0.3) is 0 Å². The molecular formula is C14H21BrClN3.